The molecule has 0 bridgehead atoms. The van der Waals surface area contributed by atoms with Crippen LogP contribution >= 0.6 is 0 Å². The van der Waals surface area contributed by atoms with Crippen molar-refractivity contribution in [2.24, 2.45) is 11.5 Å². The molecule has 1 aromatic rings. The maximum Gasteiger partial charge on any atom is 0.326 e. The van der Waals surface area contributed by atoms with Gasteiger partial charge in [0.25, 0.3) is 0 Å². The Kier molecular flexibility index (Phi) is 9.97. The van der Waals surface area contributed by atoms with E-state index >= 15 is 0 Å². The van der Waals surface area contributed by atoms with Gasteiger partial charge in [0, 0.05) is 19.3 Å². The quantitative estimate of drug-likeness (QED) is 0.226. The van der Waals surface area contributed by atoms with E-state index < -0.39 is 54.2 Å². The average molecular weight is 422 g/mol. The Balaban J connectivity index is 2.84. The number of nitrogens with two attached hydrogens (primary N) is 2. The molecule has 164 valence electrons. The van der Waals surface area contributed by atoms with Gasteiger partial charge in [0.05, 0.1) is 6.04 Å². The zero-order chi connectivity index (χ0) is 22.7. The molecule has 0 fully saturated rings. The Morgan fingerprint density at radius 3 is 2.00 bits per heavy atom. The normalized spacial score (nSPS) is 13.5. The summed E-state index contributed by atoms with van der Waals surface area (Å²) in [5.74, 6) is -4.76. The number of benzene rings is 1. The van der Waals surface area contributed by atoms with Crippen molar-refractivity contribution in [2.45, 2.75) is 50.2 Å². The summed E-state index contributed by atoms with van der Waals surface area (Å²) in [4.78, 5) is 58.0. The summed E-state index contributed by atoms with van der Waals surface area (Å²) in [6, 6.07) is 4.86. The lowest BCUT2D eigenvalue weighted by molar-refractivity contribution is -0.143. The van der Waals surface area contributed by atoms with Gasteiger partial charge >= 0.3 is 11.9 Å². The highest BCUT2D eigenvalue weighted by Crippen LogP contribution is 2.06. The van der Waals surface area contributed by atoms with Crippen LogP contribution in [-0.2, 0) is 30.4 Å². The molecular formula is C19H26N4O7. The lowest BCUT2D eigenvalue weighted by atomic mass is 10.0. The number of rotatable bonds is 13. The summed E-state index contributed by atoms with van der Waals surface area (Å²) in [5.41, 5.74) is 11.3. The Hall–Kier alpha value is -3.47. The molecule has 0 heterocycles. The molecule has 0 aliphatic rings. The molecule has 11 nitrogen and oxygen atoms in total. The maximum atomic E-state index is 12.6. The predicted octanol–water partition coefficient (Wildman–Crippen LogP) is -1.26. The SMILES string of the molecule is NC(=O)CC[C@H](N)C(=O)N[C@@H](CCC(=O)O)C(=O)N[C@@H](Cc1ccccc1)C(=O)O. The van der Waals surface area contributed by atoms with E-state index in [-0.39, 0.29) is 25.7 Å². The average Bonchev–Trinajstić information content (AvgIpc) is 2.68. The van der Waals surface area contributed by atoms with Crippen LogP contribution < -0.4 is 22.1 Å². The highest BCUT2D eigenvalue weighted by atomic mass is 16.4. The molecule has 30 heavy (non-hydrogen) atoms. The van der Waals surface area contributed by atoms with E-state index in [1.165, 1.54) is 0 Å². The summed E-state index contributed by atoms with van der Waals surface area (Å²) >= 11 is 0. The van der Waals surface area contributed by atoms with Crippen LogP contribution in [0.5, 0.6) is 0 Å². The largest absolute Gasteiger partial charge is 0.481 e. The van der Waals surface area contributed by atoms with Crippen molar-refractivity contribution in [3.8, 4) is 0 Å². The number of hydrogen-bond donors (Lipinski definition) is 6. The van der Waals surface area contributed by atoms with Crippen molar-refractivity contribution in [1.82, 2.24) is 10.6 Å². The van der Waals surface area contributed by atoms with Crippen molar-refractivity contribution >= 4 is 29.7 Å². The Morgan fingerprint density at radius 1 is 0.867 bits per heavy atom. The zero-order valence-electron chi connectivity index (χ0n) is 16.2. The Morgan fingerprint density at radius 2 is 1.47 bits per heavy atom. The van der Waals surface area contributed by atoms with E-state index in [9.17, 15) is 29.1 Å². The number of primary amides is 1. The maximum absolute atomic E-state index is 12.6. The van der Waals surface area contributed by atoms with Crippen LogP contribution in [0.3, 0.4) is 0 Å². The highest BCUT2D eigenvalue weighted by Gasteiger charge is 2.28. The summed E-state index contributed by atoms with van der Waals surface area (Å²) < 4.78 is 0. The van der Waals surface area contributed by atoms with Gasteiger partial charge in [0.1, 0.15) is 12.1 Å². The van der Waals surface area contributed by atoms with Gasteiger partial charge in [-0.05, 0) is 18.4 Å². The number of hydrogen-bond acceptors (Lipinski definition) is 6. The van der Waals surface area contributed by atoms with Crippen molar-refractivity contribution in [2.75, 3.05) is 0 Å². The molecule has 0 saturated carbocycles. The van der Waals surface area contributed by atoms with E-state index in [4.69, 9.17) is 16.6 Å². The number of carboxylic acids is 2. The van der Waals surface area contributed by atoms with Crippen LogP contribution in [0.25, 0.3) is 0 Å². The minimum absolute atomic E-state index is 0.000361. The fourth-order valence-electron chi connectivity index (χ4n) is 2.57. The topological polar surface area (TPSA) is 202 Å². The molecule has 3 amide bonds. The first-order chi connectivity index (χ1) is 14.1. The number of nitrogens with one attached hydrogen (secondary N) is 2. The fraction of sp³-hybridized carbons (Fsp3) is 0.421. The highest BCUT2D eigenvalue weighted by molar-refractivity contribution is 5.92. The van der Waals surface area contributed by atoms with E-state index in [1.807, 2.05) is 0 Å². The van der Waals surface area contributed by atoms with Crippen molar-refractivity contribution in [1.29, 1.82) is 0 Å². The molecule has 8 N–H and O–H groups in total. The Labute approximate surface area is 172 Å². The molecule has 0 unspecified atom stereocenters. The Bertz CT molecular complexity index is 769. The van der Waals surface area contributed by atoms with Gasteiger partial charge in [-0.3, -0.25) is 19.2 Å². The van der Waals surface area contributed by atoms with Crippen molar-refractivity contribution in [3.05, 3.63) is 35.9 Å². The molecule has 3 atom stereocenters. The van der Waals surface area contributed by atoms with Gasteiger partial charge in [-0.25, -0.2) is 4.79 Å². The zero-order valence-corrected chi connectivity index (χ0v) is 16.2. The predicted molar refractivity (Wildman–Crippen MR) is 105 cm³/mol. The molecule has 11 heteroatoms. The smallest absolute Gasteiger partial charge is 0.326 e. The summed E-state index contributed by atoms with van der Waals surface area (Å²) in [6.45, 7) is 0. The van der Waals surface area contributed by atoms with Gasteiger partial charge in [-0.15, -0.1) is 0 Å². The van der Waals surface area contributed by atoms with Crippen molar-refractivity contribution < 1.29 is 34.2 Å². The van der Waals surface area contributed by atoms with Gasteiger partial charge in [0.2, 0.25) is 17.7 Å². The second-order valence-electron chi connectivity index (χ2n) is 6.69. The monoisotopic (exact) mass is 422 g/mol. The third-order valence-corrected chi connectivity index (χ3v) is 4.22. The first-order valence-electron chi connectivity index (χ1n) is 9.23. The van der Waals surface area contributed by atoms with Crippen molar-refractivity contribution in [3.63, 3.8) is 0 Å². The molecule has 0 saturated heterocycles. The first-order valence-corrected chi connectivity index (χ1v) is 9.23. The molecular weight excluding hydrogens is 396 g/mol. The third-order valence-electron chi connectivity index (χ3n) is 4.22. The van der Waals surface area contributed by atoms with Crippen LogP contribution in [0.15, 0.2) is 30.3 Å². The van der Waals surface area contributed by atoms with Crippen LogP contribution in [0.2, 0.25) is 0 Å². The molecule has 0 aliphatic carbocycles. The van der Waals surface area contributed by atoms with Gasteiger partial charge in [-0.1, -0.05) is 30.3 Å². The van der Waals surface area contributed by atoms with E-state index in [0.29, 0.717) is 5.56 Å². The third kappa shape index (κ3) is 9.15. The van der Waals surface area contributed by atoms with E-state index in [1.54, 1.807) is 30.3 Å². The second-order valence-corrected chi connectivity index (χ2v) is 6.69. The summed E-state index contributed by atoms with van der Waals surface area (Å²) in [6.07, 6.45) is -0.906. The second kappa shape index (κ2) is 12.2. The standard InChI is InChI=1S/C19H26N4O7/c20-12(6-8-15(21)24)17(27)22-13(7-9-16(25)26)18(28)23-14(19(29)30)10-11-4-2-1-3-5-11/h1-5,12-14H,6-10,20H2,(H2,21,24)(H,22,27)(H,23,28)(H,25,26)(H,29,30)/t12-,13-,14-/m0/s1. The molecule has 0 aliphatic heterocycles. The lowest BCUT2D eigenvalue weighted by Gasteiger charge is -2.22. The van der Waals surface area contributed by atoms with Gasteiger partial charge < -0.3 is 32.3 Å². The number of carboxylic acid groups (broad SMARTS) is 2. The van der Waals surface area contributed by atoms with Crippen LogP contribution in [0.4, 0.5) is 0 Å². The number of carbonyl (C=O) groups is 5. The molecule has 1 rings (SSSR count). The lowest BCUT2D eigenvalue weighted by Crippen LogP contribution is -2.55. The molecule has 0 radical (unpaired) electrons. The summed E-state index contributed by atoms with van der Waals surface area (Å²) in [5, 5.41) is 22.9. The minimum Gasteiger partial charge on any atom is -0.481 e. The van der Waals surface area contributed by atoms with Crippen LogP contribution in [0.1, 0.15) is 31.2 Å². The van der Waals surface area contributed by atoms with Crippen LogP contribution in [-0.4, -0.2) is 58.0 Å². The van der Waals surface area contributed by atoms with Crippen LogP contribution in [0, 0.1) is 0 Å². The van der Waals surface area contributed by atoms with Gasteiger partial charge in [-0.2, -0.15) is 0 Å². The number of aliphatic carboxylic acids is 2. The fourth-order valence-corrected chi connectivity index (χ4v) is 2.57. The minimum atomic E-state index is -1.31. The molecule has 1 aromatic carbocycles. The van der Waals surface area contributed by atoms with Gasteiger partial charge in [0.15, 0.2) is 0 Å². The van der Waals surface area contributed by atoms with E-state index in [0.717, 1.165) is 0 Å². The summed E-state index contributed by atoms with van der Waals surface area (Å²) in [7, 11) is 0. The van der Waals surface area contributed by atoms with E-state index in [2.05, 4.69) is 10.6 Å². The molecule has 0 spiro atoms. The first kappa shape index (κ1) is 24.6. The molecule has 0 aromatic heterocycles. The number of amides is 3. The number of carbonyl (C=O) groups excluding carboxylic acids is 3.